The molecule has 1 aromatic rings. The van der Waals surface area contributed by atoms with Crippen molar-refractivity contribution in [2.75, 3.05) is 25.0 Å². The molecule has 0 bridgehead atoms. The highest BCUT2D eigenvalue weighted by Gasteiger charge is 2.24. The lowest BCUT2D eigenvalue weighted by molar-refractivity contribution is -0.117. The summed E-state index contributed by atoms with van der Waals surface area (Å²) < 4.78 is 0. The highest BCUT2D eigenvalue weighted by Crippen LogP contribution is 2.19. The van der Waals surface area contributed by atoms with Gasteiger partial charge in [-0.25, -0.2) is 0 Å². The van der Waals surface area contributed by atoms with Crippen LogP contribution < -0.4 is 11.1 Å². The lowest BCUT2D eigenvalue weighted by Crippen LogP contribution is -2.45. The number of hydrogen-bond acceptors (Lipinski definition) is 4. The summed E-state index contributed by atoms with van der Waals surface area (Å²) in [7, 11) is 0. The van der Waals surface area contributed by atoms with E-state index in [2.05, 4.69) is 16.3 Å². The van der Waals surface area contributed by atoms with E-state index in [1.54, 1.807) is 18.2 Å². The largest absolute Gasteiger partial charge is 0.328 e. The van der Waals surface area contributed by atoms with Crippen molar-refractivity contribution in [1.82, 2.24) is 4.90 Å². The van der Waals surface area contributed by atoms with E-state index in [1.807, 2.05) is 13.0 Å². The summed E-state index contributed by atoms with van der Waals surface area (Å²) in [4.78, 5) is 14.3. The number of nitrogens with zero attached hydrogens (tertiary/aromatic N) is 2. The zero-order valence-electron chi connectivity index (χ0n) is 12.4. The smallest absolute Gasteiger partial charge is 0.238 e. The van der Waals surface area contributed by atoms with Gasteiger partial charge in [0.25, 0.3) is 0 Å². The Balaban J connectivity index is 1.91. The van der Waals surface area contributed by atoms with E-state index < -0.39 is 0 Å². The SMILES string of the molecule is CC(N)C1CCCN(CC(=O)Nc2ccccc2C#N)C1. The number of hydrogen-bond donors (Lipinski definition) is 2. The third kappa shape index (κ3) is 4.28. The fourth-order valence-corrected chi connectivity index (χ4v) is 2.75. The van der Waals surface area contributed by atoms with E-state index in [1.165, 1.54) is 0 Å². The second kappa shape index (κ2) is 7.21. The first kappa shape index (κ1) is 15.5. The van der Waals surface area contributed by atoms with Crippen LogP contribution in [0.2, 0.25) is 0 Å². The molecule has 2 unspecified atom stereocenters. The summed E-state index contributed by atoms with van der Waals surface area (Å²) in [5, 5.41) is 11.8. The van der Waals surface area contributed by atoms with Crippen LogP contribution in [0.15, 0.2) is 24.3 Å². The molecule has 1 fully saturated rings. The van der Waals surface area contributed by atoms with Crippen molar-refractivity contribution in [3.63, 3.8) is 0 Å². The third-order valence-corrected chi connectivity index (χ3v) is 3.97. The van der Waals surface area contributed by atoms with Crippen LogP contribution in [-0.4, -0.2) is 36.5 Å². The summed E-state index contributed by atoms with van der Waals surface area (Å²) in [5.41, 5.74) is 7.02. The van der Waals surface area contributed by atoms with Crippen molar-refractivity contribution in [3.8, 4) is 6.07 Å². The minimum atomic E-state index is -0.0805. The molecule has 0 aliphatic carbocycles. The molecular formula is C16H22N4O. The number of amides is 1. The summed E-state index contributed by atoms with van der Waals surface area (Å²) in [6.45, 7) is 4.17. The number of anilines is 1. The minimum Gasteiger partial charge on any atom is -0.328 e. The van der Waals surface area contributed by atoms with Gasteiger partial charge in [-0.15, -0.1) is 0 Å². The first-order chi connectivity index (χ1) is 10.1. The van der Waals surface area contributed by atoms with Gasteiger partial charge in [-0.05, 0) is 44.4 Å². The molecule has 1 saturated heterocycles. The fraction of sp³-hybridized carbons (Fsp3) is 0.500. The Morgan fingerprint density at radius 3 is 3.05 bits per heavy atom. The molecule has 3 N–H and O–H groups in total. The van der Waals surface area contributed by atoms with Crippen molar-refractivity contribution >= 4 is 11.6 Å². The maximum atomic E-state index is 12.1. The standard InChI is InChI=1S/C16H22N4O/c1-12(18)14-6-4-8-20(10-14)11-16(21)19-15-7-3-2-5-13(15)9-17/h2-3,5,7,12,14H,4,6,8,10-11,18H2,1H3,(H,19,21). The molecule has 0 aromatic heterocycles. The van der Waals surface area contributed by atoms with E-state index in [-0.39, 0.29) is 11.9 Å². The molecule has 2 rings (SSSR count). The van der Waals surface area contributed by atoms with Crippen LogP contribution in [0.4, 0.5) is 5.69 Å². The molecule has 1 aliphatic rings. The van der Waals surface area contributed by atoms with Gasteiger partial charge in [-0.3, -0.25) is 9.69 Å². The molecule has 1 heterocycles. The van der Waals surface area contributed by atoms with Crippen LogP contribution in [0, 0.1) is 17.2 Å². The van der Waals surface area contributed by atoms with Crippen molar-refractivity contribution in [3.05, 3.63) is 29.8 Å². The third-order valence-electron chi connectivity index (χ3n) is 3.97. The van der Waals surface area contributed by atoms with Gasteiger partial charge in [0.2, 0.25) is 5.91 Å². The molecular weight excluding hydrogens is 264 g/mol. The van der Waals surface area contributed by atoms with E-state index in [0.717, 1.165) is 25.9 Å². The van der Waals surface area contributed by atoms with Crippen LogP contribution >= 0.6 is 0 Å². The Bertz CT molecular complexity index is 535. The van der Waals surface area contributed by atoms with Crippen LogP contribution in [0.5, 0.6) is 0 Å². The van der Waals surface area contributed by atoms with Gasteiger partial charge in [0.05, 0.1) is 17.8 Å². The van der Waals surface area contributed by atoms with E-state index >= 15 is 0 Å². The highest BCUT2D eigenvalue weighted by molar-refractivity contribution is 5.93. The first-order valence-electron chi connectivity index (χ1n) is 7.37. The zero-order valence-corrected chi connectivity index (χ0v) is 12.4. The van der Waals surface area contributed by atoms with Gasteiger partial charge in [0, 0.05) is 12.6 Å². The molecule has 1 amide bonds. The highest BCUT2D eigenvalue weighted by atomic mass is 16.2. The van der Waals surface area contributed by atoms with Crippen LogP contribution in [0.25, 0.3) is 0 Å². The quantitative estimate of drug-likeness (QED) is 0.880. The molecule has 0 saturated carbocycles. The molecule has 21 heavy (non-hydrogen) atoms. The Hall–Kier alpha value is -1.90. The fourth-order valence-electron chi connectivity index (χ4n) is 2.75. The first-order valence-corrected chi connectivity index (χ1v) is 7.37. The maximum absolute atomic E-state index is 12.1. The second-order valence-corrected chi connectivity index (χ2v) is 5.70. The monoisotopic (exact) mass is 286 g/mol. The van der Waals surface area contributed by atoms with Gasteiger partial charge in [0.1, 0.15) is 6.07 Å². The number of para-hydroxylation sites is 1. The molecule has 0 spiro atoms. The van der Waals surface area contributed by atoms with Crippen LogP contribution in [0.1, 0.15) is 25.3 Å². The van der Waals surface area contributed by atoms with Crippen molar-refractivity contribution in [1.29, 1.82) is 5.26 Å². The van der Waals surface area contributed by atoms with Crippen molar-refractivity contribution in [2.24, 2.45) is 11.7 Å². The topological polar surface area (TPSA) is 82.2 Å². The van der Waals surface area contributed by atoms with Gasteiger partial charge >= 0.3 is 0 Å². The maximum Gasteiger partial charge on any atom is 0.238 e. The Labute approximate surface area is 125 Å². The number of carbonyl (C=O) groups is 1. The van der Waals surface area contributed by atoms with E-state index in [9.17, 15) is 4.79 Å². The molecule has 112 valence electrons. The van der Waals surface area contributed by atoms with Gasteiger partial charge in [-0.2, -0.15) is 5.26 Å². The van der Waals surface area contributed by atoms with Crippen molar-refractivity contribution in [2.45, 2.75) is 25.8 Å². The predicted octanol–water partition coefficient (Wildman–Crippen LogP) is 1.56. The van der Waals surface area contributed by atoms with Crippen molar-refractivity contribution < 1.29 is 4.79 Å². The Kier molecular flexibility index (Phi) is 5.32. The molecule has 2 atom stereocenters. The normalized spacial score (nSPS) is 20.5. The Morgan fingerprint density at radius 1 is 1.57 bits per heavy atom. The summed E-state index contributed by atoms with van der Waals surface area (Å²) in [6.07, 6.45) is 2.21. The van der Waals surface area contributed by atoms with Crippen LogP contribution in [0.3, 0.4) is 0 Å². The molecule has 5 nitrogen and oxygen atoms in total. The van der Waals surface area contributed by atoms with E-state index in [0.29, 0.717) is 23.7 Å². The number of nitrogens with two attached hydrogens (primary N) is 1. The summed E-state index contributed by atoms with van der Waals surface area (Å²) >= 11 is 0. The average Bonchev–Trinajstić information content (AvgIpc) is 2.48. The molecule has 1 aliphatic heterocycles. The molecule has 1 aromatic carbocycles. The second-order valence-electron chi connectivity index (χ2n) is 5.70. The number of carbonyl (C=O) groups excluding carboxylic acids is 1. The number of benzene rings is 1. The van der Waals surface area contributed by atoms with Gasteiger partial charge in [-0.1, -0.05) is 12.1 Å². The zero-order chi connectivity index (χ0) is 15.2. The number of nitriles is 1. The minimum absolute atomic E-state index is 0.0805. The average molecular weight is 286 g/mol. The number of piperidine rings is 1. The lowest BCUT2D eigenvalue weighted by Gasteiger charge is -2.34. The molecule has 0 radical (unpaired) electrons. The number of rotatable bonds is 4. The number of nitrogens with one attached hydrogen (secondary N) is 1. The summed E-state index contributed by atoms with van der Waals surface area (Å²) in [6, 6.07) is 9.28. The molecule has 5 heteroatoms. The van der Waals surface area contributed by atoms with Gasteiger partial charge in [0.15, 0.2) is 0 Å². The number of likely N-dealkylation sites (tertiary alicyclic amines) is 1. The van der Waals surface area contributed by atoms with Crippen LogP contribution in [-0.2, 0) is 4.79 Å². The van der Waals surface area contributed by atoms with E-state index in [4.69, 9.17) is 11.0 Å². The predicted molar refractivity (Wildman–Crippen MR) is 82.6 cm³/mol. The Morgan fingerprint density at radius 2 is 2.33 bits per heavy atom. The van der Waals surface area contributed by atoms with Gasteiger partial charge < -0.3 is 11.1 Å². The lowest BCUT2D eigenvalue weighted by atomic mass is 9.92. The summed E-state index contributed by atoms with van der Waals surface area (Å²) in [5.74, 6) is 0.376.